The van der Waals surface area contributed by atoms with Crippen molar-refractivity contribution < 1.29 is 0 Å². The summed E-state index contributed by atoms with van der Waals surface area (Å²) in [5.41, 5.74) is 0. The van der Waals surface area contributed by atoms with Crippen molar-refractivity contribution in [3.63, 3.8) is 0 Å². The molecule has 0 bridgehead atoms. The lowest BCUT2D eigenvalue weighted by molar-refractivity contribution is 0.347. The van der Waals surface area contributed by atoms with Gasteiger partial charge in [-0.2, -0.15) is 0 Å². The molecule has 0 aliphatic rings. The molecular weight excluding hydrogens is 154 g/mol. The molecule has 0 aliphatic carbocycles. The highest BCUT2D eigenvalue weighted by Crippen LogP contribution is 2.00. The predicted molar refractivity (Wildman–Crippen MR) is 55.2 cm³/mol. The monoisotopic (exact) mass is 175 g/mol. The quantitative estimate of drug-likeness (QED) is 0.526. The van der Waals surface area contributed by atoms with Gasteiger partial charge in [-0.05, 0) is 25.4 Å². The minimum absolute atomic E-state index is 0.231. The molecule has 1 atom stereocenters. The molecule has 0 amide bonds. The van der Waals surface area contributed by atoms with Crippen LogP contribution in [-0.2, 0) is 0 Å². The molecular formula is C7H21NSi2. The molecule has 0 aromatic rings. The third-order valence-corrected chi connectivity index (χ3v) is 6.32. The lowest BCUT2D eigenvalue weighted by atomic mass is 10.2. The minimum atomic E-state index is 0.231. The maximum Gasteiger partial charge on any atom is 0.0759 e. The second-order valence-electron chi connectivity index (χ2n) is 2.89. The van der Waals surface area contributed by atoms with Gasteiger partial charge in [0.15, 0.2) is 0 Å². The topological polar surface area (TPSA) is 3.24 Å². The lowest BCUT2D eigenvalue weighted by Gasteiger charge is -2.26. The number of hydrogen-bond acceptors (Lipinski definition) is 1. The molecule has 0 fully saturated rings. The van der Waals surface area contributed by atoms with Crippen LogP contribution in [0.25, 0.3) is 0 Å². The van der Waals surface area contributed by atoms with Crippen molar-refractivity contribution in [3.05, 3.63) is 0 Å². The maximum absolute atomic E-state index is 2.73. The first-order valence-corrected chi connectivity index (χ1v) is 10.8. The van der Waals surface area contributed by atoms with Crippen molar-refractivity contribution >= 4 is 19.0 Å². The van der Waals surface area contributed by atoms with Crippen LogP contribution in [0.5, 0.6) is 0 Å². The normalized spacial score (nSPS) is 15.6. The molecule has 3 heteroatoms. The van der Waals surface area contributed by atoms with E-state index in [0.717, 1.165) is 6.04 Å². The molecule has 0 spiro atoms. The highest BCUT2D eigenvalue weighted by Gasteiger charge is 2.06. The van der Waals surface area contributed by atoms with Gasteiger partial charge in [-0.3, -0.25) is 0 Å². The van der Waals surface area contributed by atoms with Gasteiger partial charge in [-0.25, -0.2) is 0 Å². The Hall–Kier alpha value is 0.394. The second kappa shape index (κ2) is 6.13. The molecule has 0 saturated heterocycles. The van der Waals surface area contributed by atoms with Crippen molar-refractivity contribution in [1.82, 2.24) is 4.57 Å². The van der Waals surface area contributed by atoms with E-state index in [2.05, 4.69) is 25.3 Å². The summed E-state index contributed by atoms with van der Waals surface area (Å²) >= 11 is 0. The van der Waals surface area contributed by atoms with Crippen LogP contribution in [0.3, 0.4) is 0 Å². The molecule has 0 radical (unpaired) electrons. The molecule has 0 rings (SSSR count). The molecule has 0 N–H and O–H groups in total. The zero-order chi connectivity index (χ0) is 7.98. The zero-order valence-electron chi connectivity index (χ0n) is 7.85. The fourth-order valence-corrected chi connectivity index (χ4v) is 5.57. The third kappa shape index (κ3) is 3.53. The van der Waals surface area contributed by atoms with Crippen LogP contribution >= 0.6 is 0 Å². The van der Waals surface area contributed by atoms with Gasteiger partial charge in [-0.15, -0.1) is 0 Å². The minimum Gasteiger partial charge on any atom is -0.330 e. The zero-order valence-corrected chi connectivity index (χ0v) is 11.3. The summed E-state index contributed by atoms with van der Waals surface area (Å²) in [6, 6.07) is 0.865. The van der Waals surface area contributed by atoms with E-state index in [1.807, 2.05) is 0 Å². The van der Waals surface area contributed by atoms with Crippen molar-refractivity contribution in [3.8, 4) is 0 Å². The van der Waals surface area contributed by atoms with Crippen molar-refractivity contribution in [2.45, 2.75) is 39.7 Å². The number of hydrogen-bond donors (Lipinski definition) is 0. The highest BCUT2D eigenvalue weighted by molar-refractivity contribution is 6.87. The van der Waals surface area contributed by atoms with Crippen LogP contribution in [0, 0.1) is 0 Å². The van der Waals surface area contributed by atoms with E-state index in [-0.39, 0.29) is 9.20 Å². The second-order valence-corrected chi connectivity index (χ2v) is 6.23. The standard InChI is InChI=1S/C7H21NSi2/c1-4-6-8(10-9)7(3)5-2/h7H,4-6,10H2,1-3,9H3. The predicted octanol–water partition coefficient (Wildman–Crippen LogP) is -0.139. The van der Waals surface area contributed by atoms with Crippen LogP contribution in [0.1, 0.15) is 33.6 Å². The fourth-order valence-electron chi connectivity index (χ4n) is 1.24. The molecule has 0 aliphatic heterocycles. The molecule has 1 unspecified atom stereocenters. The summed E-state index contributed by atoms with van der Waals surface area (Å²) in [6.07, 6.45) is 2.66. The Labute approximate surface area is 70.3 Å². The summed E-state index contributed by atoms with van der Waals surface area (Å²) in [5.74, 6) is 0. The summed E-state index contributed by atoms with van der Waals surface area (Å²) in [7, 11) is 1.68. The Morgan fingerprint density at radius 3 is 2.40 bits per heavy atom. The molecule has 0 aromatic heterocycles. The van der Waals surface area contributed by atoms with Crippen molar-refractivity contribution in [1.29, 1.82) is 0 Å². The van der Waals surface area contributed by atoms with Gasteiger partial charge in [0, 0.05) is 9.76 Å². The number of rotatable bonds is 5. The summed E-state index contributed by atoms with van der Waals surface area (Å²) < 4.78 is 2.73. The average molecular weight is 175 g/mol. The van der Waals surface area contributed by atoms with E-state index < -0.39 is 0 Å². The van der Waals surface area contributed by atoms with Gasteiger partial charge >= 0.3 is 0 Å². The third-order valence-electron chi connectivity index (χ3n) is 2.13. The van der Waals surface area contributed by atoms with Gasteiger partial charge in [0.1, 0.15) is 0 Å². The molecule has 62 valence electrons. The van der Waals surface area contributed by atoms with Crippen LogP contribution in [0.15, 0.2) is 0 Å². The van der Waals surface area contributed by atoms with E-state index in [1.165, 1.54) is 29.1 Å². The Balaban J connectivity index is 3.56. The Kier molecular flexibility index (Phi) is 6.37. The van der Waals surface area contributed by atoms with E-state index in [1.54, 1.807) is 0 Å². The number of nitrogens with zero attached hydrogens (tertiary/aromatic N) is 1. The Morgan fingerprint density at radius 2 is 2.10 bits per heavy atom. The van der Waals surface area contributed by atoms with E-state index >= 15 is 0 Å². The Bertz CT molecular complexity index is 78.0. The fraction of sp³-hybridized carbons (Fsp3) is 1.00. The van der Waals surface area contributed by atoms with Gasteiger partial charge in [-0.1, -0.05) is 20.8 Å². The van der Waals surface area contributed by atoms with Crippen LogP contribution in [-0.4, -0.2) is 36.1 Å². The van der Waals surface area contributed by atoms with Crippen molar-refractivity contribution in [2.75, 3.05) is 6.54 Å². The Morgan fingerprint density at radius 1 is 1.50 bits per heavy atom. The lowest BCUT2D eigenvalue weighted by Crippen LogP contribution is -2.36. The molecule has 0 saturated carbocycles. The van der Waals surface area contributed by atoms with Crippen molar-refractivity contribution in [2.24, 2.45) is 0 Å². The molecule has 1 nitrogen and oxygen atoms in total. The first kappa shape index (κ1) is 10.4. The smallest absolute Gasteiger partial charge is 0.0759 e. The van der Waals surface area contributed by atoms with Gasteiger partial charge in [0.25, 0.3) is 0 Å². The summed E-state index contributed by atoms with van der Waals surface area (Å²) in [5, 5.41) is 0. The van der Waals surface area contributed by atoms with Gasteiger partial charge in [0.2, 0.25) is 0 Å². The summed E-state index contributed by atoms with van der Waals surface area (Å²) in [4.78, 5) is 0. The van der Waals surface area contributed by atoms with E-state index in [0.29, 0.717) is 0 Å². The maximum atomic E-state index is 2.73. The summed E-state index contributed by atoms with van der Waals surface area (Å²) in [6.45, 7) is 8.28. The molecule has 10 heavy (non-hydrogen) atoms. The van der Waals surface area contributed by atoms with Crippen LogP contribution < -0.4 is 0 Å². The molecule has 0 aromatic carbocycles. The van der Waals surface area contributed by atoms with E-state index in [4.69, 9.17) is 0 Å². The van der Waals surface area contributed by atoms with Gasteiger partial charge < -0.3 is 4.57 Å². The van der Waals surface area contributed by atoms with E-state index in [9.17, 15) is 0 Å². The average Bonchev–Trinajstić information content (AvgIpc) is 1.99. The first-order valence-electron chi connectivity index (χ1n) is 4.50. The van der Waals surface area contributed by atoms with Crippen LogP contribution in [0.4, 0.5) is 0 Å². The highest BCUT2D eigenvalue weighted by atomic mass is 29.1. The molecule has 0 heterocycles. The SMILES string of the molecule is CCCN([SiH2][SiH3])C(C)CC. The van der Waals surface area contributed by atoms with Crippen LogP contribution in [0.2, 0.25) is 0 Å². The first-order chi connectivity index (χ1) is 4.76. The van der Waals surface area contributed by atoms with Gasteiger partial charge in [0.05, 0.1) is 9.20 Å². The largest absolute Gasteiger partial charge is 0.330 e.